The third kappa shape index (κ3) is 5.39. The molecule has 0 heterocycles. The van der Waals surface area contributed by atoms with E-state index in [0.717, 1.165) is 5.56 Å². The van der Waals surface area contributed by atoms with Crippen LogP contribution in [0.25, 0.3) is 0 Å². The molecule has 0 aliphatic rings. The van der Waals surface area contributed by atoms with E-state index >= 15 is 0 Å². The quantitative estimate of drug-likeness (QED) is 0.638. The first-order valence-corrected chi connectivity index (χ1v) is 6.20. The second kappa shape index (κ2) is 7.38. The van der Waals surface area contributed by atoms with Crippen LogP contribution in [0.4, 0.5) is 10.5 Å². The van der Waals surface area contributed by atoms with Gasteiger partial charge in [0.25, 0.3) is 0 Å². The monoisotopic (exact) mass is 264 g/mol. The van der Waals surface area contributed by atoms with Gasteiger partial charge in [-0.1, -0.05) is 12.1 Å². The Morgan fingerprint density at radius 2 is 1.84 bits per heavy atom. The standard InChI is InChI=1S/C13H20N4O2/c1-3-15-12(18)8-16-13(19)17-11-6-4-10(5-7-11)9(2)14/h4-7,9H,3,8,14H2,1-2H3,(H,15,18)(H2,16,17,19). The Bertz CT molecular complexity index is 429. The molecule has 6 heteroatoms. The van der Waals surface area contributed by atoms with E-state index in [9.17, 15) is 9.59 Å². The number of nitrogens with two attached hydrogens (primary N) is 1. The molecule has 0 aromatic heterocycles. The number of carbonyl (C=O) groups excluding carboxylic acids is 2. The van der Waals surface area contributed by atoms with Crippen molar-refractivity contribution in [2.45, 2.75) is 19.9 Å². The fourth-order valence-electron chi connectivity index (χ4n) is 1.47. The van der Waals surface area contributed by atoms with Crippen molar-refractivity contribution in [3.05, 3.63) is 29.8 Å². The van der Waals surface area contributed by atoms with Crippen molar-refractivity contribution in [2.75, 3.05) is 18.4 Å². The van der Waals surface area contributed by atoms with Gasteiger partial charge >= 0.3 is 6.03 Å². The normalized spacial score (nSPS) is 11.5. The summed E-state index contributed by atoms with van der Waals surface area (Å²) in [5, 5.41) is 7.69. The van der Waals surface area contributed by atoms with E-state index in [1.807, 2.05) is 26.0 Å². The van der Waals surface area contributed by atoms with E-state index in [4.69, 9.17) is 5.73 Å². The molecule has 1 aromatic carbocycles. The molecular weight excluding hydrogens is 244 g/mol. The van der Waals surface area contributed by atoms with E-state index in [2.05, 4.69) is 16.0 Å². The molecule has 0 spiro atoms. The highest BCUT2D eigenvalue weighted by Gasteiger charge is 2.05. The number of hydrogen-bond donors (Lipinski definition) is 4. The Labute approximate surface area is 112 Å². The topological polar surface area (TPSA) is 96.2 Å². The third-order valence-electron chi connectivity index (χ3n) is 2.48. The molecule has 0 fully saturated rings. The molecule has 3 amide bonds. The Morgan fingerprint density at radius 3 is 2.37 bits per heavy atom. The Kier molecular flexibility index (Phi) is 5.81. The highest BCUT2D eigenvalue weighted by Crippen LogP contribution is 2.13. The van der Waals surface area contributed by atoms with Crippen molar-refractivity contribution in [3.63, 3.8) is 0 Å². The Hall–Kier alpha value is -2.08. The van der Waals surface area contributed by atoms with Gasteiger partial charge in [0, 0.05) is 18.3 Å². The average molecular weight is 264 g/mol. The van der Waals surface area contributed by atoms with E-state index in [1.165, 1.54) is 0 Å². The van der Waals surface area contributed by atoms with Gasteiger partial charge in [0.1, 0.15) is 0 Å². The van der Waals surface area contributed by atoms with Crippen molar-refractivity contribution in [3.8, 4) is 0 Å². The lowest BCUT2D eigenvalue weighted by Crippen LogP contribution is -2.38. The number of hydrogen-bond acceptors (Lipinski definition) is 3. The second-order valence-corrected chi connectivity index (χ2v) is 4.17. The number of benzene rings is 1. The predicted molar refractivity (Wildman–Crippen MR) is 74.7 cm³/mol. The summed E-state index contributed by atoms with van der Waals surface area (Å²) >= 11 is 0. The summed E-state index contributed by atoms with van der Waals surface area (Å²) in [5.74, 6) is -0.218. The molecule has 1 atom stereocenters. The van der Waals surface area contributed by atoms with Crippen LogP contribution < -0.4 is 21.7 Å². The highest BCUT2D eigenvalue weighted by atomic mass is 16.2. The Morgan fingerprint density at radius 1 is 1.21 bits per heavy atom. The first-order chi connectivity index (χ1) is 9.02. The lowest BCUT2D eigenvalue weighted by Gasteiger charge is -2.09. The van der Waals surface area contributed by atoms with E-state index in [1.54, 1.807) is 12.1 Å². The zero-order valence-electron chi connectivity index (χ0n) is 11.2. The minimum atomic E-state index is -0.417. The number of likely N-dealkylation sites (N-methyl/N-ethyl adjacent to an activating group) is 1. The van der Waals surface area contributed by atoms with Gasteiger partial charge in [-0.15, -0.1) is 0 Å². The van der Waals surface area contributed by atoms with Crippen LogP contribution >= 0.6 is 0 Å². The zero-order valence-corrected chi connectivity index (χ0v) is 11.2. The minimum Gasteiger partial charge on any atom is -0.355 e. The minimum absolute atomic E-state index is 0.0411. The number of amides is 3. The molecule has 1 rings (SSSR count). The van der Waals surface area contributed by atoms with Crippen molar-refractivity contribution < 1.29 is 9.59 Å². The molecule has 19 heavy (non-hydrogen) atoms. The number of rotatable bonds is 5. The van der Waals surface area contributed by atoms with Crippen LogP contribution in [0.15, 0.2) is 24.3 Å². The number of anilines is 1. The SMILES string of the molecule is CCNC(=O)CNC(=O)Nc1ccc(C(C)N)cc1. The summed E-state index contributed by atoms with van der Waals surface area (Å²) in [6, 6.07) is 6.78. The molecular formula is C13H20N4O2. The number of urea groups is 1. The smallest absolute Gasteiger partial charge is 0.319 e. The van der Waals surface area contributed by atoms with Gasteiger partial charge in [0.05, 0.1) is 6.54 Å². The summed E-state index contributed by atoms with van der Waals surface area (Å²) in [7, 11) is 0. The molecule has 5 N–H and O–H groups in total. The largest absolute Gasteiger partial charge is 0.355 e. The van der Waals surface area contributed by atoms with E-state index < -0.39 is 6.03 Å². The first-order valence-electron chi connectivity index (χ1n) is 6.20. The third-order valence-corrected chi connectivity index (χ3v) is 2.48. The van der Waals surface area contributed by atoms with Crippen molar-refractivity contribution in [2.24, 2.45) is 5.73 Å². The number of carbonyl (C=O) groups is 2. The molecule has 1 unspecified atom stereocenters. The van der Waals surface area contributed by atoms with Crippen LogP contribution in [0.5, 0.6) is 0 Å². The van der Waals surface area contributed by atoms with Crippen LogP contribution in [0.1, 0.15) is 25.5 Å². The van der Waals surface area contributed by atoms with Gasteiger partial charge in [-0.25, -0.2) is 4.79 Å². The lowest BCUT2D eigenvalue weighted by molar-refractivity contribution is -0.119. The summed E-state index contributed by atoms with van der Waals surface area (Å²) in [6.45, 7) is 4.21. The fourth-order valence-corrected chi connectivity index (χ4v) is 1.47. The van der Waals surface area contributed by atoms with Crippen molar-refractivity contribution >= 4 is 17.6 Å². The van der Waals surface area contributed by atoms with Crippen LogP contribution in [0, 0.1) is 0 Å². The Balaban J connectivity index is 2.42. The van der Waals surface area contributed by atoms with E-state index in [-0.39, 0.29) is 18.5 Å². The zero-order chi connectivity index (χ0) is 14.3. The van der Waals surface area contributed by atoms with Gasteiger partial charge in [-0.3, -0.25) is 4.79 Å². The van der Waals surface area contributed by atoms with Crippen molar-refractivity contribution in [1.82, 2.24) is 10.6 Å². The van der Waals surface area contributed by atoms with E-state index in [0.29, 0.717) is 12.2 Å². The molecule has 0 radical (unpaired) electrons. The molecule has 6 nitrogen and oxygen atoms in total. The molecule has 1 aromatic rings. The summed E-state index contributed by atoms with van der Waals surface area (Å²) in [5.41, 5.74) is 7.37. The van der Waals surface area contributed by atoms with Crippen LogP contribution in [0.2, 0.25) is 0 Å². The predicted octanol–water partition coefficient (Wildman–Crippen LogP) is 0.964. The van der Waals surface area contributed by atoms with Crippen LogP contribution in [-0.4, -0.2) is 25.0 Å². The van der Waals surface area contributed by atoms with Gasteiger partial charge in [-0.2, -0.15) is 0 Å². The molecule has 0 aliphatic heterocycles. The second-order valence-electron chi connectivity index (χ2n) is 4.17. The van der Waals surface area contributed by atoms with Gasteiger partial charge < -0.3 is 21.7 Å². The van der Waals surface area contributed by atoms with Crippen LogP contribution in [0.3, 0.4) is 0 Å². The maximum Gasteiger partial charge on any atom is 0.319 e. The maximum absolute atomic E-state index is 11.5. The van der Waals surface area contributed by atoms with Crippen LogP contribution in [-0.2, 0) is 4.79 Å². The number of nitrogens with one attached hydrogen (secondary N) is 3. The summed E-state index contributed by atoms with van der Waals surface area (Å²) < 4.78 is 0. The molecule has 0 saturated heterocycles. The molecule has 0 aliphatic carbocycles. The fraction of sp³-hybridized carbons (Fsp3) is 0.385. The highest BCUT2D eigenvalue weighted by molar-refractivity contribution is 5.92. The molecule has 0 bridgehead atoms. The van der Waals surface area contributed by atoms with Crippen molar-refractivity contribution in [1.29, 1.82) is 0 Å². The van der Waals surface area contributed by atoms with Gasteiger partial charge in [0.15, 0.2) is 0 Å². The molecule has 104 valence electrons. The lowest BCUT2D eigenvalue weighted by atomic mass is 10.1. The summed E-state index contributed by atoms with van der Waals surface area (Å²) in [4.78, 5) is 22.7. The maximum atomic E-state index is 11.5. The summed E-state index contributed by atoms with van der Waals surface area (Å²) in [6.07, 6.45) is 0. The average Bonchev–Trinajstić information content (AvgIpc) is 2.37. The molecule has 0 saturated carbocycles. The first kappa shape index (κ1) is 15.0. The van der Waals surface area contributed by atoms with Gasteiger partial charge in [0.2, 0.25) is 5.91 Å². The van der Waals surface area contributed by atoms with Gasteiger partial charge in [-0.05, 0) is 31.5 Å².